The minimum absolute atomic E-state index is 0.0147. The van der Waals surface area contributed by atoms with Crippen molar-refractivity contribution in [1.29, 1.82) is 0 Å². The van der Waals surface area contributed by atoms with E-state index in [-0.39, 0.29) is 30.6 Å². The Morgan fingerprint density at radius 1 is 1.42 bits per heavy atom. The number of carbonyl (C=O) groups excluding carboxylic acids is 2. The van der Waals surface area contributed by atoms with Gasteiger partial charge in [0.1, 0.15) is 12.7 Å². The number of rotatable bonds is 7. The second kappa shape index (κ2) is 9.61. The molecule has 0 aliphatic carbocycles. The van der Waals surface area contributed by atoms with Gasteiger partial charge in [0.2, 0.25) is 11.8 Å². The van der Waals surface area contributed by atoms with Gasteiger partial charge < -0.3 is 19.7 Å². The lowest BCUT2D eigenvalue weighted by atomic mass is 10.1. The molecule has 1 aromatic rings. The first-order valence-corrected chi connectivity index (χ1v) is 8.76. The van der Waals surface area contributed by atoms with Crippen molar-refractivity contribution >= 4 is 23.6 Å². The number of pyridine rings is 1. The highest BCUT2D eigenvalue weighted by Crippen LogP contribution is 2.17. The van der Waals surface area contributed by atoms with E-state index in [0.717, 1.165) is 4.90 Å². The van der Waals surface area contributed by atoms with E-state index in [1.807, 2.05) is 12.1 Å². The lowest BCUT2D eigenvalue weighted by molar-refractivity contribution is -0.141. The van der Waals surface area contributed by atoms with Crippen LogP contribution in [-0.4, -0.2) is 73.5 Å². The summed E-state index contributed by atoms with van der Waals surface area (Å²) in [5.41, 5.74) is 0. The van der Waals surface area contributed by atoms with Crippen LogP contribution in [0.25, 0.3) is 0 Å². The zero-order chi connectivity index (χ0) is 17.4. The molecule has 1 aliphatic heterocycles. The molecule has 7 nitrogen and oxygen atoms in total. The van der Waals surface area contributed by atoms with Gasteiger partial charge in [-0.15, -0.1) is 11.8 Å². The van der Waals surface area contributed by atoms with Crippen molar-refractivity contribution in [3.63, 3.8) is 0 Å². The van der Waals surface area contributed by atoms with E-state index in [1.165, 1.54) is 16.7 Å². The molecule has 1 saturated heterocycles. The molecule has 2 rings (SSSR count). The smallest absolute Gasteiger partial charge is 0.248 e. The van der Waals surface area contributed by atoms with Crippen molar-refractivity contribution < 1.29 is 19.1 Å². The van der Waals surface area contributed by atoms with E-state index in [9.17, 15) is 9.59 Å². The van der Waals surface area contributed by atoms with Crippen molar-refractivity contribution in [3.8, 4) is 0 Å². The quantitative estimate of drug-likeness (QED) is 0.721. The molecule has 2 atom stereocenters. The monoisotopic (exact) mass is 353 g/mol. The SMILES string of the molecule is CN(C)C(=O)CO[C@@H]1COCC[C@H]1NC(=O)CSc1ccncc1. The van der Waals surface area contributed by atoms with Crippen molar-refractivity contribution in [2.45, 2.75) is 23.5 Å². The van der Waals surface area contributed by atoms with Crippen molar-refractivity contribution in [1.82, 2.24) is 15.2 Å². The Labute approximate surface area is 146 Å². The first-order valence-electron chi connectivity index (χ1n) is 7.78. The number of nitrogens with one attached hydrogen (secondary N) is 1. The highest BCUT2D eigenvalue weighted by atomic mass is 32.2. The molecule has 0 radical (unpaired) electrons. The number of nitrogens with zero attached hydrogens (tertiary/aromatic N) is 2. The van der Waals surface area contributed by atoms with E-state index in [0.29, 0.717) is 25.4 Å². The molecule has 0 unspecified atom stereocenters. The second-order valence-corrected chi connectivity index (χ2v) is 6.70. The molecule has 132 valence electrons. The predicted molar refractivity (Wildman–Crippen MR) is 90.8 cm³/mol. The van der Waals surface area contributed by atoms with Gasteiger partial charge in [-0.25, -0.2) is 0 Å². The van der Waals surface area contributed by atoms with Gasteiger partial charge in [0.05, 0.1) is 18.4 Å². The normalized spacial score (nSPS) is 20.4. The lowest BCUT2D eigenvalue weighted by Gasteiger charge is -2.32. The number of thioether (sulfide) groups is 1. The number of amides is 2. The molecule has 1 N–H and O–H groups in total. The number of carbonyl (C=O) groups is 2. The van der Waals surface area contributed by atoms with Crippen LogP contribution >= 0.6 is 11.8 Å². The summed E-state index contributed by atoms with van der Waals surface area (Å²) in [6.45, 7) is 0.937. The van der Waals surface area contributed by atoms with Crippen LogP contribution in [-0.2, 0) is 19.1 Å². The van der Waals surface area contributed by atoms with Crippen molar-refractivity contribution in [2.75, 3.05) is 39.7 Å². The Kier molecular flexibility index (Phi) is 7.48. The summed E-state index contributed by atoms with van der Waals surface area (Å²) >= 11 is 1.46. The third-order valence-corrected chi connectivity index (χ3v) is 4.60. The van der Waals surface area contributed by atoms with E-state index in [1.54, 1.807) is 26.5 Å². The second-order valence-electron chi connectivity index (χ2n) is 5.65. The van der Waals surface area contributed by atoms with Gasteiger partial charge >= 0.3 is 0 Å². The molecule has 2 amide bonds. The van der Waals surface area contributed by atoms with Crippen LogP contribution in [0.15, 0.2) is 29.4 Å². The van der Waals surface area contributed by atoms with Gasteiger partial charge in [-0.3, -0.25) is 14.6 Å². The van der Waals surface area contributed by atoms with Crippen molar-refractivity contribution in [2.24, 2.45) is 0 Å². The summed E-state index contributed by atoms with van der Waals surface area (Å²) in [6.07, 6.45) is 3.76. The van der Waals surface area contributed by atoms with E-state index in [2.05, 4.69) is 10.3 Å². The molecule has 1 aromatic heterocycles. The molecule has 24 heavy (non-hydrogen) atoms. The number of hydrogen-bond donors (Lipinski definition) is 1. The minimum atomic E-state index is -0.308. The zero-order valence-corrected chi connectivity index (χ0v) is 14.8. The Morgan fingerprint density at radius 2 is 2.17 bits per heavy atom. The average molecular weight is 353 g/mol. The summed E-state index contributed by atoms with van der Waals surface area (Å²) in [6, 6.07) is 3.59. The molecule has 0 spiro atoms. The highest BCUT2D eigenvalue weighted by Gasteiger charge is 2.28. The molecule has 1 aliphatic rings. The lowest BCUT2D eigenvalue weighted by Crippen LogP contribution is -2.51. The number of hydrogen-bond acceptors (Lipinski definition) is 6. The van der Waals surface area contributed by atoms with Gasteiger partial charge in [-0.05, 0) is 18.6 Å². The fraction of sp³-hybridized carbons (Fsp3) is 0.562. The van der Waals surface area contributed by atoms with Crippen LogP contribution in [0.5, 0.6) is 0 Å². The summed E-state index contributed by atoms with van der Waals surface area (Å²) < 4.78 is 11.0. The van der Waals surface area contributed by atoms with E-state index < -0.39 is 0 Å². The van der Waals surface area contributed by atoms with Crippen LogP contribution in [0.3, 0.4) is 0 Å². The first-order chi connectivity index (χ1) is 11.6. The summed E-state index contributed by atoms with van der Waals surface area (Å²) in [7, 11) is 3.36. The number of aromatic nitrogens is 1. The Bertz CT molecular complexity index is 541. The van der Waals surface area contributed by atoms with Gasteiger partial charge in [-0.2, -0.15) is 0 Å². The molecule has 0 bridgehead atoms. The predicted octanol–water partition coefficient (Wildman–Crippen LogP) is 0.552. The number of likely N-dealkylation sites (N-methyl/N-ethyl adjacent to an activating group) is 1. The molecular weight excluding hydrogens is 330 g/mol. The fourth-order valence-corrected chi connectivity index (χ4v) is 2.88. The van der Waals surface area contributed by atoms with Gasteiger partial charge in [0.15, 0.2) is 0 Å². The fourth-order valence-electron chi connectivity index (χ4n) is 2.18. The van der Waals surface area contributed by atoms with E-state index >= 15 is 0 Å². The van der Waals surface area contributed by atoms with Crippen molar-refractivity contribution in [3.05, 3.63) is 24.5 Å². The van der Waals surface area contributed by atoms with Crippen LogP contribution in [0.4, 0.5) is 0 Å². The molecule has 2 heterocycles. The molecule has 0 saturated carbocycles. The summed E-state index contributed by atoms with van der Waals surface area (Å²) in [5, 5.41) is 2.99. The molecule has 0 aromatic carbocycles. The first kappa shape index (κ1) is 18.7. The minimum Gasteiger partial charge on any atom is -0.379 e. The average Bonchev–Trinajstić information content (AvgIpc) is 2.59. The van der Waals surface area contributed by atoms with Crippen LogP contribution < -0.4 is 5.32 Å². The van der Waals surface area contributed by atoms with Crippen LogP contribution in [0.1, 0.15) is 6.42 Å². The van der Waals surface area contributed by atoms with Gasteiger partial charge in [0.25, 0.3) is 0 Å². The zero-order valence-electron chi connectivity index (χ0n) is 13.9. The molecular formula is C16H23N3O4S. The molecule has 8 heteroatoms. The standard InChI is InChI=1S/C16H23N3O4S/c1-19(2)16(21)10-23-14-9-22-8-5-13(14)18-15(20)11-24-12-3-6-17-7-4-12/h3-4,6-7,13-14H,5,8-11H2,1-2H3,(H,18,20)/t13-,14-/m1/s1. The number of ether oxygens (including phenoxy) is 2. The Morgan fingerprint density at radius 3 is 2.88 bits per heavy atom. The maximum absolute atomic E-state index is 12.2. The largest absolute Gasteiger partial charge is 0.379 e. The maximum atomic E-state index is 12.2. The highest BCUT2D eigenvalue weighted by molar-refractivity contribution is 8.00. The van der Waals surface area contributed by atoms with Gasteiger partial charge in [-0.1, -0.05) is 0 Å². The van der Waals surface area contributed by atoms with Crippen LogP contribution in [0, 0.1) is 0 Å². The summed E-state index contributed by atoms with van der Waals surface area (Å²) in [4.78, 5) is 30.2. The Hall–Kier alpha value is -1.64. The third-order valence-electron chi connectivity index (χ3n) is 3.59. The topological polar surface area (TPSA) is 80.8 Å². The van der Waals surface area contributed by atoms with E-state index in [4.69, 9.17) is 9.47 Å². The summed E-state index contributed by atoms with van der Waals surface area (Å²) in [5.74, 6) is 0.153. The Balaban J connectivity index is 1.79. The van der Waals surface area contributed by atoms with Gasteiger partial charge in [0, 0.05) is 38.0 Å². The molecule has 1 fully saturated rings. The maximum Gasteiger partial charge on any atom is 0.248 e. The van der Waals surface area contributed by atoms with Crippen LogP contribution in [0.2, 0.25) is 0 Å². The third kappa shape index (κ3) is 6.10.